The second kappa shape index (κ2) is 8.75. The highest BCUT2D eigenvalue weighted by atomic mass is 32.2. The molecule has 4 aromatic carbocycles. The van der Waals surface area contributed by atoms with Crippen LogP contribution in [-0.4, -0.2) is 0 Å². The van der Waals surface area contributed by atoms with Crippen LogP contribution in [0.4, 0.5) is 0 Å². The third kappa shape index (κ3) is 4.32. The molecule has 0 fully saturated rings. The van der Waals surface area contributed by atoms with Crippen molar-refractivity contribution in [1.82, 2.24) is 0 Å². The molecular weight excluding hydrogens is 344 g/mol. The Balaban J connectivity index is 1.62. The van der Waals surface area contributed by atoms with E-state index in [1.807, 2.05) is 72.8 Å². The van der Waals surface area contributed by atoms with Crippen LogP contribution in [0.2, 0.25) is 0 Å². The molecule has 0 radical (unpaired) electrons. The largest absolute Gasteiger partial charge is 0.152 e. The van der Waals surface area contributed by atoms with Gasteiger partial charge in [-0.05, 0) is 33.4 Å². The number of thioether (sulfide) groups is 1. The first kappa shape index (κ1) is 15.3. The minimum Gasteiger partial charge on any atom is -0.152 e. The quantitative estimate of drug-likeness (QED) is 0.340. The monoisotopic (exact) mass is 368 g/mol. The van der Waals surface area contributed by atoms with Crippen LogP contribution in [0.3, 0.4) is 0 Å². The van der Waals surface area contributed by atoms with E-state index in [9.17, 15) is 0 Å². The predicted octanol–water partition coefficient (Wildman–Crippen LogP) is 7.45. The maximum Gasteiger partial charge on any atom is 0.0431 e. The average Bonchev–Trinajstić information content (AvgIpc) is 2.80. The van der Waals surface area contributed by atoms with E-state index < -0.39 is 11.5 Å². The third-order valence-electron chi connectivity index (χ3n) is 4.48. The molecular formula is C26H22S. The zero-order chi connectivity index (χ0) is 20.1. The molecule has 0 N–H and O–H groups in total. The molecule has 2 unspecified atom stereocenters. The van der Waals surface area contributed by atoms with Crippen molar-refractivity contribution in [3.05, 3.63) is 120 Å². The van der Waals surface area contributed by atoms with Crippen LogP contribution in [0.5, 0.6) is 0 Å². The summed E-state index contributed by atoms with van der Waals surface area (Å²) in [6.07, 6.45) is 0. The minimum atomic E-state index is -0.544. The molecule has 0 amide bonds. The van der Waals surface area contributed by atoms with Gasteiger partial charge in [0.15, 0.2) is 0 Å². The van der Waals surface area contributed by atoms with E-state index >= 15 is 0 Å². The minimum absolute atomic E-state index is 0.544. The molecule has 0 bridgehead atoms. The Labute approximate surface area is 168 Å². The van der Waals surface area contributed by atoms with Crippen LogP contribution < -0.4 is 0 Å². The lowest BCUT2D eigenvalue weighted by molar-refractivity contribution is 1.36. The molecule has 0 aliphatic carbocycles. The second-order valence-electron chi connectivity index (χ2n) is 6.28. The summed E-state index contributed by atoms with van der Waals surface area (Å²) < 4.78 is 17.6. The van der Waals surface area contributed by atoms with Crippen molar-refractivity contribution in [3.8, 4) is 22.3 Å². The predicted molar refractivity (Wildman–Crippen MR) is 119 cm³/mol. The van der Waals surface area contributed by atoms with Gasteiger partial charge in [-0.2, -0.15) is 11.8 Å². The molecule has 0 aromatic heterocycles. The highest BCUT2D eigenvalue weighted by Gasteiger charge is 2.07. The van der Waals surface area contributed by atoms with Crippen LogP contribution in [-0.2, 0) is 11.5 Å². The maximum atomic E-state index is 8.80. The van der Waals surface area contributed by atoms with Gasteiger partial charge >= 0.3 is 0 Å². The van der Waals surface area contributed by atoms with Gasteiger partial charge in [0.05, 0.1) is 0 Å². The Morgan fingerprint density at radius 1 is 0.481 bits per heavy atom. The Morgan fingerprint density at radius 2 is 0.852 bits per heavy atom. The third-order valence-corrected chi connectivity index (χ3v) is 5.26. The van der Waals surface area contributed by atoms with Crippen molar-refractivity contribution < 1.29 is 2.74 Å². The molecule has 2 atom stereocenters. The fraction of sp³-hybridized carbons (Fsp3) is 0.0769. The van der Waals surface area contributed by atoms with E-state index in [4.69, 9.17) is 2.74 Å². The Bertz CT molecular complexity index is 977. The molecule has 27 heavy (non-hydrogen) atoms. The van der Waals surface area contributed by atoms with Crippen LogP contribution in [0.25, 0.3) is 22.3 Å². The van der Waals surface area contributed by atoms with Crippen molar-refractivity contribution in [3.63, 3.8) is 0 Å². The van der Waals surface area contributed by atoms with Gasteiger partial charge in [-0.3, -0.25) is 0 Å². The van der Waals surface area contributed by atoms with Crippen LogP contribution in [0.1, 0.15) is 13.9 Å². The van der Waals surface area contributed by atoms with Crippen molar-refractivity contribution in [1.29, 1.82) is 0 Å². The lowest BCUT2D eigenvalue weighted by Crippen LogP contribution is -1.90. The Hall–Kier alpha value is -2.77. The summed E-state index contributed by atoms with van der Waals surface area (Å²) in [4.78, 5) is 0. The maximum absolute atomic E-state index is 8.80. The van der Waals surface area contributed by atoms with Crippen molar-refractivity contribution >= 4 is 11.8 Å². The molecule has 0 nitrogen and oxygen atoms in total. The summed E-state index contributed by atoms with van der Waals surface area (Å²) >= 11 is 1.36. The van der Waals surface area contributed by atoms with Gasteiger partial charge in [0.25, 0.3) is 0 Å². The molecule has 4 aromatic rings. The lowest BCUT2D eigenvalue weighted by atomic mass is 10.0. The molecule has 0 saturated carbocycles. The topological polar surface area (TPSA) is 0 Å². The van der Waals surface area contributed by atoms with E-state index in [0.717, 1.165) is 33.4 Å². The summed E-state index contributed by atoms with van der Waals surface area (Å²) in [5.74, 6) is 0. The first-order chi connectivity index (χ1) is 14.2. The summed E-state index contributed by atoms with van der Waals surface area (Å²) in [6, 6.07) is 36.4. The van der Waals surface area contributed by atoms with Gasteiger partial charge < -0.3 is 0 Å². The van der Waals surface area contributed by atoms with Gasteiger partial charge in [-0.1, -0.05) is 109 Å². The van der Waals surface area contributed by atoms with Crippen molar-refractivity contribution in [2.45, 2.75) is 11.5 Å². The van der Waals surface area contributed by atoms with Crippen molar-refractivity contribution in [2.24, 2.45) is 0 Å². The fourth-order valence-corrected chi connectivity index (χ4v) is 3.91. The zero-order valence-corrected chi connectivity index (χ0v) is 15.8. The Morgan fingerprint density at radius 3 is 1.30 bits per heavy atom. The zero-order valence-electron chi connectivity index (χ0n) is 17.0. The molecule has 1 heteroatoms. The normalized spacial score (nSPS) is 14.1. The van der Waals surface area contributed by atoms with E-state index in [1.54, 1.807) is 0 Å². The van der Waals surface area contributed by atoms with Gasteiger partial charge in [-0.25, -0.2) is 0 Å². The van der Waals surface area contributed by atoms with E-state index in [2.05, 4.69) is 36.4 Å². The van der Waals surface area contributed by atoms with Gasteiger partial charge in [0.2, 0.25) is 0 Å². The molecule has 0 aliphatic heterocycles. The molecule has 4 rings (SSSR count). The molecule has 0 spiro atoms. The SMILES string of the molecule is [2H]C(SC([2H])c1ccccc1-c1ccccc1)c1ccccc1-c1ccccc1. The molecule has 0 saturated heterocycles. The first-order valence-electron chi connectivity index (χ1n) is 10.2. The number of hydrogen-bond donors (Lipinski definition) is 0. The fourth-order valence-electron chi connectivity index (χ4n) is 3.14. The van der Waals surface area contributed by atoms with E-state index in [-0.39, 0.29) is 0 Å². The van der Waals surface area contributed by atoms with Gasteiger partial charge in [0, 0.05) is 14.2 Å². The van der Waals surface area contributed by atoms with Crippen LogP contribution in [0.15, 0.2) is 109 Å². The van der Waals surface area contributed by atoms with Gasteiger partial charge in [-0.15, -0.1) is 0 Å². The first-order valence-corrected chi connectivity index (χ1v) is 9.97. The smallest absolute Gasteiger partial charge is 0.0431 e. The number of hydrogen-bond acceptors (Lipinski definition) is 1. The van der Waals surface area contributed by atoms with Gasteiger partial charge in [0.1, 0.15) is 0 Å². The lowest BCUT2D eigenvalue weighted by Gasteiger charge is -2.12. The van der Waals surface area contributed by atoms with E-state index in [1.165, 1.54) is 11.8 Å². The summed E-state index contributed by atoms with van der Waals surface area (Å²) in [6.45, 7) is 0. The summed E-state index contributed by atoms with van der Waals surface area (Å²) in [7, 11) is 0. The molecule has 0 aliphatic rings. The highest BCUT2D eigenvalue weighted by Crippen LogP contribution is 2.30. The highest BCUT2D eigenvalue weighted by molar-refractivity contribution is 7.97. The standard InChI is InChI=1S/C26H22S/c1-3-11-21(12-4-1)25-17-9-7-15-23(25)19-27-20-24-16-8-10-18-26(24)22-13-5-2-6-14-22/h1-18H,19-20H2/i19D,20D. The molecule has 0 heterocycles. The number of benzene rings is 4. The summed E-state index contributed by atoms with van der Waals surface area (Å²) in [5, 5.41) is 0. The Kier molecular flexibility index (Phi) is 4.96. The summed E-state index contributed by atoms with van der Waals surface area (Å²) in [5.41, 5.74) is 5.12. The van der Waals surface area contributed by atoms with Crippen LogP contribution in [0, 0.1) is 0 Å². The van der Waals surface area contributed by atoms with E-state index in [0.29, 0.717) is 0 Å². The number of rotatable bonds is 6. The van der Waals surface area contributed by atoms with Crippen LogP contribution >= 0.6 is 11.8 Å². The van der Waals surface area contributed by atoms with Crippen molar-refractivity contribution in [2.75, 3.05) is 0 Å². The molecule has 132 valence electrons. The second-order valence-corrected chi connectivity index (χ2v) is 7.02. The average molecular weight is 369 g/mol.